The van der Waals surface area contributed by atoms with Crippen LogP contribution in [0.3, 0.4) is 0 Å². The summed E-state index contributed by atoms with van der Waals surface area (Å²) < 4.78 is 206. The topological polar surface area (TPSA) is 539 Å². The molecule has 4 aromatic rings. The van der Waals surface area contributed by atoms with E-state index in [0.717, 1.165) is 19.0 Å². The zero-order valence-electron chi connectivity index (χ0n) is 64.4. The van der Waals surface area contributed by atoms with E-state index in [1.165, 1.54) is 18.2 Å². The summed E-state index contributed by atoms with van der Waals surface area (Å²) in [6, 6.07) is 7.27. The van der Waals surface area contributed by atoms with E-state index in [0.29, 0.717) is 172 Å². The fourth-order valence-electron chi connectivity index (χ4n) is 14.7. The molecule has 43 heteroatoms. The van der Waals surface area contributed by atoms with Gasteiger partial charge in [-0.2, -0.15) is 50.0 Å². The molecule has 0 radical (unpaired) electrons. The van der Waals surface area contributed by atoms with E-state index in [-0.39, 0.29) is 99.4 Å². The Labute approximate surface area is 668 Å². The lowest BCUT2D eigenvalue weighted by Crippen LogP contribution is -2.49. The normalized spacial score (nSPS) is 16.9. The van der Waals surface area contributed by atoms with Crippen LogP contribution in [0.2, 0.25) is 0 Å². The number of carbonyl (C=O) groups is 3. The highest BCUT2D eigenvalue weighted by Crippen LogP contribution is 2.52. The van der Waals surface area contributed by atoms with Crippen molar-refractivity contribution in [3.63, 3.8) is 0 Å². The summed E-state index contributed by atoms with van der Waals surface area (Å²) in [6.07, 6.45) is 14.5. The Kier molecular flexibility index (Phi) is 35.5. The highest BCUT2D eigenvalue weighted by atomic mass is 32.2. The molecule has 13 N–H and O–H groups in total. The molecule has 3 aliphatic heterocycles. The smallest absolute Gasteiger partial charge is 0.345 e. The van der Waals surface area contributed by atoms with Crippen LogP contribution in [0.1, 0.15) is 129 Å². The molecule has 1 fully saturated rings. The number of hydrogen-bond donors (Lipinski definition) is 11. The Morgan fingerprint density at radius 1 is 0.579 bits per heavy atom. The third-order valence-corrected chi connectivity index (χ3v) is 25.0. The van der Waals surface area contributed by atoms with Gasteiger partial charge in [-0.3, -0.25) is 37.6 Å². The number of hydroxylamine groups is 2. The lowest BCUT2D eigenvalue weighted by atomic mass is 9.79. The number of piperazine rings is 1. The summed E-state index contributed by atoms with van der Waals surface area (Å²) in [5.41, 5.74) is 12.5. The Morgan fingerprint density at radius 2 is 1.11 bits per heavy atom. The number of ether oxygens (including phenoxy) is 2. The second-order valence-corrected chi connectivity index (χ2v) is 36.0. The molecule has 0 aliphatic carbocycles. The molecule has 1 unspecified atom stereocenters. The number of nitrogens with zero attached hydrogens (tertiary/aromatic N) is 7. The van der Waals surface area contributed by atoms with E-state index in [4.69, 9.17) is 42.4 Å². The van der Waals surface area contributed by atoms with Crippen LogP contribution < -0.4 is 28.2 Å². The zero-order valence-corrected chi connectivity index (χ0v) is 69.5. The molecule has 7 rings (SSSR count). The van der Waals surface area contributed by atoms with Crippen LogP contribution in [-0.2, 0) is 116 Å². The van der Waals surface area contributed by atoms with Gasteiger partial charge in [-0.1, -0.05) is 66.8 Å². The van der Waals surface area contributed by atoms with Crippen LogP contribution in [0.15, 0.2) is 104 Å². The predicted octanol–water partition coefficient (Wildman–Crippen LogP) is 3.09. The SMILES string of the molecule is CCCN(CCCC(O)CCCCC[N+]1=C(/C=C/C=C/C=C2/N(CCCCCC(=O)N3CCN(CCOCCON([C@H](CCN)C(=O)ON)[SH](=O)=O)CC3)c3ccc4c(S(=O)(=O)O)cc(S(=O)(=O)O)cc4c3C2(C)C)C(C)(C)c2c1ccc1c(S(=O)(=O)O)cc(S(=O)(=O)O)cc21)CCOCCON([C@@H](CCN)C(=O)ON)[SH](=O)=O. The summed E-state index contributed by atoms with van der Waals surface area (Å²) in [4.78, 5) is 61.7. The maximum atomic E-state index is 13.6. The maximum Gasteiger partial charge on any atom is 0.345 e. The highest BCUT2D eigenvalue weighted by molar-refractivity contribution is 7.87. The molecular weight excluding hydrogens is 1620 g/mol. The van der Waals surface area contributed by atoms with Gasteiger partial charge in [0.25, 0.3) is 40.5 Å². The van der Waals surface area contributed by atoms with Crippen LogP contribution >= 0.6 is 0 Å². The number of thiol groups is 2. The average Bonchev–Trinajstić information content (AvgIpc) is 1.55. The molecule has 638 valence electrons. The minimum Gasteiger partial charge on any atom is -0.393 e. The van der Waals surface area contributed by atoms with Gasteiger partial charge in [0.2, 0.25) is 33.4 Å². The van der Waals surface area contributed by atoms with E-state index in [9.17, 15) is 88.2 Å². The number of benzene rings is 4. The minimum atomic E-state index is -5.07. The molecule has 0 aromatic heterocycles. The standard InChI is InChI=1S/C71H107N11O26S6/c1-6-30-76(38-40-103-42-44-105-81(109(87)88)59(26-28-72)68(85)107-74)31-16-18-50(83)17-10-8-14-32-79-57-24-22-53-55(46-51(111(91,92)93)48-61(53)113(97,98)99)66(57)70(2,3)63(79)19-11-7-12-20-64-71(4,5)67-56-47-52(112(94,95)96)49-62(114(100,101)102)54(56)23-25-58(67)80(64)33-15-9-13-21-65(84)78-36-34-77(35-37-78)39-41-104-43-45-106-82(110(89)90)60(27-29-73)69(86)108-75/h7,11-12,19-20,22-25,46-50,59-60,83,109-110H,6,8-10,13-18,21,26-45,72-75H2,1-5H3,(H3-,91,92,93,94,95,96,97,98,99,100,101,102)/p+1/t50?,59-,60+/m0/s1. The number of amides is 1. The fraction of sp³-hybridized carbons (Fsp3) is 0.577. The summed E-state index contributed by atoms with van der Waals surface area (Å²) in [6.45, 7) is 14.9. The molecule has 37 nitrogen and oxygen atoms in total. The number of unbranched alkanes of at least 4 members (excludes halogenated alkanes) is 4. The van der Waals surface area contributed by atoms with Gasteiger partial charge in [-0.05, 0) is 157 Å². The second-order valence-electron chi connectivity index (χ2n) is 28.6. The lowest BCUT2D eigenvalue weighted by molar-refractivity contribution is -0.438. The first-order valence-corrected chi connectivity index (χ1v) is 45.3. The molecule has 1 amide bonds. The largest absolute Gasteiger partial charge is 0.393 e. The van der Waals surface area contributed by atoms with Crippen LogP contribution in [0.4, 0.5) is 11.4 Å². The number of nitrogens with two attached hydrogens (primary N) is 4. The first kappa shape index (κ1) is 94.7. The summed E-state index contributed by atoms with van der Waals surface area (Å²) in [5.74, 6) is 7.83. The van der Waals surface area contributed by atoms with Gasteiger partial charge in [-0.15, -0.1) is 0 Å². The number of fused-ring (bicyclic) bond motifs is 6. The molecule has 0 saturated carbocycles. The van der Waals surface area contributed by atoms with Crippen molar-refractivity contribution < 1.29 is 122 Å². The Balaban J connectivity index is 1.05. The van der Waals surface area contributed by atoms with Crippen molar-refractivity contribution >= 4 is 119 Å². The molecule has 1 saturated heterocycles. The zero-order chi connectivity index (χ0) is 84.1. The van der Waals surface area contributed by atoms with Crippen molar-refractivity contribution in [3.05, 3.63) is 95.7 Å². The van der Waals surface area contributed by atoms with Crippen LogP contribution in [0, 0.1) is 0 Å². The summed E-state index contributed by atoms with van der Waals surface area (Å²) in [5, 5.41) is 11.4. The van der Waals surface area contributed by atoms with E-state index >= 15 is 0 Å². The van der Waals surface area contributed by atoms with Crippen molar-refractivity contribution in [1.82, 2.24) is 23.6 Å². The average molecular weight is 1720 g/mol. The van der Waals surface area contributed by atoms with E-state index in [1.807, 2.05) is 56.2 Å². The molecule has 0 spiro atoms. The number of anilines is 1. The summed E-state index contributed by atoms with van der Waals surface area (Å²) >= 11 is 0. The first-order chi connectivity index (χ1) is 53.8. The van der Waals surface area contributed by atoms with Crippen LogP contribution in [-0.4, -0.2) is 262 Å². The van der Waals surface area contributed by atoms with Gasteiger partial charge in [0.1, 0.15) is 16.3 Å². The molecule has 3 aliphatic rings. The molecule has 3 atom stereocenters. The monoisotopic (exact) mass is 1720 g/mol. The van der Waals surface area contributed by atoms with Gasteiger partial charge in [0, 0.05) is 104 Å². The molecular formula is C71H108N11O26S6+. The van der Waals surface area contributed by atoms with E-state index in [1.54, 1.807) is 35.3 Å². The predicted molar refractivity (Wildman–Crippen MR) is 422 cm³/mol. The van der Waals surface area contributed by atoms with Gasteiger partial charge in [0.15, 0.2) is 17.8 Å². The second kappa shape index (κ2) is 42.8. The summed E-state index contributed by atoms with van der Waals surface area (Å²) in [7, 11) is -26.9. The first-order valence-electron chi connectivity index (χ1n) is 37.3. The number of carbonyl (C=O) groups excluding carboxylic acids is 3. The van der Waals surface area contributed by atoms with Crippen LogP contribution in [0.5, 0.6) is 0 Å². The van der Waals surface area contributed by atoms with Crippen molar-refractivity contribution in [2.75, 3.05) is 123 Å². The number of allylic oxidation sites excluding steroid dienone is 6. The van der Waals surface area contributed by atoms with Crippen LogP contribution in [0.25, 0.3) is 21.5 Å². The van der Waals surface area contributed by atoms with Gasteiger partial charge >= 0.3 is 11.9 Å². The third kappa shape index (κ3) is 25.0. The number of aliphatic hydroxyl groups excluding tert-OH is 1. The maximum absolute atomic E-state index is 13.6. The van der Waals surface area contributed by atoms with Crippen molar-refractivity contribution in [2.45, 2.75) is 167 Å². The van der Waals surface area contributed by atoms with Gasteiger partial charge in [0.05, 0.1) is 61.0 Å². The van der Waals surface area contributed by atoms with E-state index in [2.05, 4.69) is 19.5 Å². The highest BCUT2D eigenvalue weighted by Gasteiger charge is 2.47. The molecule has 3 heterocycles. The quantitative estimate of drug-likeness (QED) is 0.00755. The fourth-order valence-corrected chi connectivity index (χ4v) is 18.6. The number of hydrogen-bond acceptors (Lipinski definition) is 29. The van der Waals surface area contributed by atoms with Gasteiger partial charge in [-0.25, -0.2) is 26.4 Å². The minimum absolute atomic E-state index is 0.00128. The Hall–Kier alpha value is -6.48. The van der Waals surface area contributed by atoms with Crippen molar-refractivity contribution in [1.29, 1.82) is 0 Å². The number of aliphatic hydroxyl groups is 1. The number of rotatable bonds is 49. The van der Waals surface area contributed by atoms with Crippen molar-refractivity contribution in [3.8, 4) is 0 Å². The van der Waals surface area contributed by atoms with Gasteiger partial charge < -0.3 is 50.4 Å². The molecule has 114 heavy (non-hydrogen) atoms. The third-order valence-electron chi connectivity index (χ3n) is 20.2. The molecule has 4 aromatic carbocycles. The Morgan fingerprint density at radius 3 is 1.64 bits per heavy atom. The lowest BCUT2D eigenvalue weighted by Gasteiger charge is -2.34. The molecule has 0 bridgehead atoms. The van der Waals surface area contributed by atoms with E-state index < -0.39 is 123 Å². The Bertz CT molecular complexity index is 4800. The van der Waals surface area contributed by atoms with Crippen molar-refractivity contribution in [2.24, 2.45) is 23.3 Å².